The summed E-state index contributed by atoms with van der Waals surface area (Å²) in [5.74, 6) is -0.902. The molecule has 1 rings (SSSR count). The zero-order valence-corrected chi connectivity index (χ0v) is 12.4. The average Bonchev–Trinajstić information content (AvgIpc) is 2.84. The summed E-state index contributed by atoms with van der Waals surface area (Å²) in [6.45, 7) is 3.22. The van der Waals surface area contributed by atoms with Crippen LogP contribution in [0, 0.1) is 5.92 Å². The number of esters is 1. The lowest BCUT2D eigenvalue weighted by Gasteiger charge is -2.19. The van der Waals surface area contributed by atoms with E-state index in [1.165, 1.54) is 5.51 Å². The van der Waals surface area contributed by atoms with Crippen molar-refractivity contribution in [2.45, 2.75) is 24.1 Å². The first-order valence-corrected chi connectivity index (χ1v) is 7.84. The van der Waals surface area contributed by atoms with Crippen LogP contribution in [0.5, 0.6) is 0 Å². The number of nitrogens with zero attached hydrogens (tertiary/aromatic N) is 1. The number of aliphatic hydroxyl groups is 1. The zero-order chi connectivity index (χ0) is 14.6. The molecule has 7 nitrogen and oxygen atoms in total. The van der Waals surface area contributed by atoms with E-state index in [0.29, 0.717) is 0 Å². The Hall–Kier alpha value is -1.03. The van der Waals surface area contributed by atoms with Gasteiger partial charge in [-0.05, 0) is 5.92 Å². The van der Waals surface area contributed by atoms with Crippen molar-refractivity contribution in [3.05, 3.63) is 11.2 Å². The van der Waals surface area contributed by atoms with E-state index < -0.39 is 22.0 Å². The van der Waals surface area contributed by atoms with Crippen LogP contribution >= 0.6 is 11.3 Å². The number of hydrogen-bond donors (Lipinski definition) is 2. The molecule has 2 N–H and O–H groups in total. The second-order valence-corrected chi connectivity index (χ2v) is 6.90. The number of hydrogen-bond acceptors (Lipinski definition) is 7. The van der Waals surface area contributed by atoms with Crippen LogP contribution in [0.25, 0.3) is 0 Å². The summed E-state index contributed by atoms with van der Waals surface area (Å²) in [7, 11) is -2.76. The van der Waals surface area contributed by atoms with Crippen LogP contribution in [0.1, 0.15) is 24.3 Å². The maximum absolute atomic E-state index is 12.1. The topological polar surface area (TPSA) is 106 Å². The van der Waals surface area contributed by atoms with E-state index in [0.717, 1.165) is 18.4 Å². The number of aliphatic hydroxyl groups excluding tert-OH is 1. The van der Waals surface area contributed by atoms with Crippen molar-refractivity contribution < 1.29 is 23.1 Å². The van der Waals surface area contributed by atoms with Crippen molar-refractivity contribution in [1.29, 1.82) is 0 Å². The number of methoxy groups -OCH3 is 1. The Labute approximate surface area is 115 Å². The molecule has 0 aliphatic carbocycles. The van der Waals surface area contributed by atoms with Crippen molar-refractivity contribution in [3.8, 4) is 0 Å². The standard InChI is InChI=1S/C10H16N2O5S2/c1-6(2)7(4-13)12-19(15,16)10-8(9(14)17-3)11-5-18-10/h5-7,12-13H,4H2,1-3H3. The highest BCUT2D eigenvalue weighted by Crippen LogP contribution is 2.21. The maximum Gasteiger partial charge on any atom is 0.358 e. The molecule has 1 aromatic rings. The lowest BCUT2D eigenvalue weighted by atomic mass is 10.1. The molecule has 1 unspecified atom stereocenters. The van der Waals surface area contributed by atoms with Crippen molar-refractivity contribution in [2.24, 2.45) is 5.92 Å². The van der Waals surface area contributed by atoms with Gasteiger partial charge in [0.1, 0.15) is 0 Å². The minimum absolute atomic E-state index is 0.0886. The molecule has 0 radical (unpaired) electrons. The fraction of sp³-hybridized carbons (Fsp3) is 0.600. The van der Waals surface area contributed by atoms with Gasteiger partial charge in [0, 0.05) is 6.04 Å². The molecule has 108 valence electrons. The van der Waals surface area contributed by atoms with Crippen LogP contribution in [0.4, 0.5) is 0 Å². The number of ether oxygens (including phenoxy) is 1. The van der Waals surface area contributed by atoms with Gasteiger partial charge in [-0.3, -0.25) is 0 Å². The Kier molecular flexibility index (Phi) is 5.41. The predicted octanol–water partition coefficient (Wildman–Crippen LogP) is 0.225. The van der Waals surface area contributed by atoms with Crippen LogP contribution in [0.2, 0.25) is 0 Å². The second kappa shape index (κ2) is 6.42. The summed E-state index contributed by atoms with van der Waals surface area (Å²) in [5.41, 5.74) is 1.00. The number of sulfonamides is 1. The number of aromatic nitrogens is 1. The van der Waals surface area contributed by atoms with E-state index in [-0.39, 0.29) is 22.4 Å². The van der Waals surface area contributed by atoms with Gasteiger partial charge in [0.15, 0.2) is 9.90 Å². The summed E-state index contributed by atoms with van der Waals surface area (Å²) in [6, 6.07) is -0.627. The summed E-state index contributed by atoms with van der Waals surface area (Å²) >= 11 is 0.820. The fourth-order valence-electron chi connectivity index (χ4n) is 1.30. The maximum atomic E-state index is 12.1. The number of nitrogens with one attached hydrogen (secondary N) is 1. The highest BCUT2D eigenvalue weighted by Gasteiger charge is 2.29. The summed E-state index contributed by atoms with van der Waals surface area (Å²) in [4.78, 5) is 15.1. The number of carbonyl (C=O) groups is 1. The van der Waals surface area contributed by atoms with Gasteiger partial charge in [-0.15, -0.1) is 11.3 Å². The number of thiazole rings is 1. The summed E-state index contributed by atoms with van der Waals surface area (Å²) < 4.78 is 30.9. The fourth-order valence-corrected chi connectivity index (χ4v) is 3.82. The summed E-state index contributed by atoms with van der Waals surface area (Å²) in [5, 5.41) is 9.15. The summed E-state index contributed by atoms with van der Waals surface area (Å²) in [6.07, 6.45) is 0. The van der Waals surface area contributed by atoms with E-state index in [9.17, 15) is 13.2 Å². The Bertz CT molecular complexity index is 538. The zero-order valence-electron chi connectivity index (χ0n) is 10.8. The molecule has 0 fully saturated rings. The van der Waals surface area contributed by atoms with Crippen LogP contribution in [-0.2, 0) is 14.8 Å². The minimum Gasteiger partial charge on any atom is -0.464 e. The SMILES string of the molecule is COC(=O)c1ncsc1S(=O)(=O)NC(CO)C(C)C. The third-order valence-corrected chi connectivity index (χ3v) is 5.33. The second-order valence-electron chi connectivity index (χ2n) is 4.13. The Morgan fingerprint density at radius 1 is 1.58 bits per heavy atom. The van der Waals surface area contributed by atoms with E-state index in [4.69, 9.17) is 5.11 Å². The molecule has 0 aromatic carbocycles. The van der Waals surface area contributed by atoms with Gasteiger partial charge in [0.05, 0.1) is 19.2 Å². The van der Waals surface area contributed by atoms with Crippen molar-refractivity contribution in [3.63, 3.8) is 0 Å². The molecule has 0 saturated heterocycles. The first-order valence-electron chi connectivity index (χ1n) is 5.48. The first-order chi connectivity index (χ1) is 8.83. The van der Waals surface area contributed by atoms with E-state index in [1.54, 1.807) is 13.8 Å². The lowest BCUT2D eigenvalue weighted by molar-refractivity contribution is 0.0590. The smallest absolute Gasteiger partial charge is 0.358 e. The Morgan fingerprint density at radius 3 is 2.68 bits per heavy atom. The normalized spacial score (nSPS) is 13.5. The van der Waals surface area contributed by atoms with Crippen LogP contribution in [0.3, 0.4) is 0 Å². The van der Waals surface area contributed by atoms with Gasteiger partial charge in [-0.2, -0.15) is 0 Å². The minimum atomic E-state index is -3.91. The largest absolute Gasteiger partial charge is 0.464 e. The molecule has 19 heavy (non-hydrogen) atoms. The molecule has 0 spiro atoms. The number of carbonyl (C=O) groups excluding carboxylic acids is 1. The molecular formula is C10H16N2O5S2. The molecule has 0 amide bonds. The van der Waals surface area contributed by atoms with Crippen molar-refractivity contribution in [2.75, 3.05) is 13.7 Å². The highest BCUT2D eigenvalue weighted by atomic mass is 32.2. The molecule has 0 saturated carbocycles. The Balaban J connectivity index is 3.08. The van der Waals surface area contributed by atoms with Gasteiger partial charge in [-0.1, -0.05) is 13.8 Å². The predicted molar refractivity (Wildman–Crippen MR) is 69.5 cm³/mol. The van der Waals surface area contributed by atoms with E-state index >= 15 is 0 Å². The van der Waals surface area contributed by atoms with Gasteiger partial charge in [-0.25, -0.2) is 22.9 Å². The first kappa shape index (κ1) is 16.0. The van der Waals surface area contributed by atoms with E-state index in [1.807, 2.05) is 0 Å². The van der Waals surface area contributed by atoms with Crippen molar-refractivity contribution >= 4 is 27.3 Å². The Morgan fingerprint density at radius 2 is 2.21 bits per heavy atom. The number of rotatable bonds is 6. The molecule has 0 aliphatic heterocycles. The van der Waals surface area contributed by atoms with Gasteiger partial charge < -0.3 is 9.84 Å². The monoisotopic (exact) mass is 308 g/mol. The highest BCUT2D eigenvalue weighted by molar-refractivity contribution is 7.91. The quantitative estimate of drug-likeness (QED) is 0.729. The molecule has 1 aromatic heterocycles. The molecular weight excluding hydrogens is 292 g/mol. The van der Waals surface area contributed by atoms with Gasteiger partial charge in [0.2, 0.25) is 0 Å². The molecule has 1 heterocycles. The molecule has 9 heteroatoms. The molecule has 0 aliphatic rings. The average molecular weight is 308 g/mol. The van der Waals surface area contributed by atoms with E-state index in [2.05, 4.69) is 14.4 Å². The van der Waals surface area contributed by atoms with Crippen LogP contribution in [-0.4, -0.2) is 44.2 Å². The van der Waals surface area contributed by atoms with Crippen LogP contribution < -0.4 is 4.72 Å². The van der Waals surface area contributed by atoms with Crippen molar-refractivity contribution in [1.82, 2.24) is 9.71 Å². The van der Waals surface area contributed by atoms with Gasteiger partial charge >= 0.3 is 5.97 Å². The lowest BCUT2D eigenvalue weighted by Crippen LogP contribution is -2.41. The third-order valence-electron chi connectivity index (χ3n) is 2.47. The van der Waals surface area contributed by atoms with Gasteiger partial charge in [0.25, 0.3) is 10.0 Å². The van der Waals surface area contributed by atoms with Crippen LogP contribution in [0.15, 0.2) is 9.72 Å². The third kappa shape index (κ3) is 3.72. The molecule has 0 bridgehead atoms. The molecule has 1 atom stereocenters.